The van der Waals surface area contributed by atoms with E-state index in [1.165, 1.54) is 5.56 Å². The molecule has 2 heterocycles. The molecule has 0 aliphatic carbocycles. The first-order chi connectivity index (χ1) is 12.7. The van der Waals surface area contributed by atoms with Gasteiger partial charge in [-0.3, -0.25) is 9.59 Å². The molecule has 2 amide bonds. The molecule has 3 rings (SSSR count). The molecule has 0 N–H and O–H groups in total. The number of hydrogen-bond acceptors (Lipinski definition) is 3. The van der Waals surface area contributed by atoms with Crippen molar-refractivity contribution in [3.63, 3.8) is 0 Å². The van der Waals surface area contributed by atoms with Gasteiger partial charge in [-0.25, -0.2) is 0 Å². The molecule has 0 saturated carbocycles. The third kappa shape index (κ3) is 4.64. The summed E-state index contributed by atoms with van der Waals surface area (Å²) in [5, 5.41) is 0. The summed E-state index contributed by atoms with van der Waals surface area (Å²) in [6.07, 6.45) is 5.51. The summed E-state index contributed by atoms with van der Waals surface area (Å²) in [4.78, 5) is 28.9. The number of aryl methyl sites for hydroxylation is 1. The van der Waals surface area contributed by atoms with Crippen LogP contribution in [0.4, 0.5) is 0 Å². The van der Waals surface area contributed by atoms with Gasteiger partial charge in [0.1, 0.15) is 6.61 Å². The van der Waals surface area contributed by atoms with Crippen LogP contribution in [0.5, 0.6) is 0 Å². The van der Waals surface area contributed by atoms with Crippen molar-refractivity contribution in [1.29, 1.82) is 0 Å². The second-order valence-corrected chi connectivity index (χ2v) is 7.46. The minimum absolute atomic E-state index is 0.0669. The fourth-order valence-electron chi connectivity index (χ4n) is 4.39. The van der Waals surface area contributed by atoms with Crippen molar-refractivity contribution < 1.29 is 14.3 Å². The quantitative estimate of drug-likeness (QED) is 0.785. The number of fused-ring (bicyclic) bond motifs is 1. The van der Waals surface area contributed by atoms with E-state index < -0.39 is 0 Å². The normalized spacial score (nSPS) is 22.8. The molecule has 2 fully saturated rings. The Balaban J connectivity index is 1.50. The lowest BCUT2D eigenvalue weighted by Gasteiger charge is -2.47. The number of amides is 2. The molecule has 5 heteroatoms. The second kappa shape index (κ2) is 9.17. The molecular formula is C21H30N2O3. The summed E-state index contributed by atoms with van der Waals surface area (Å²) in [6.45, 7) is 2.52. The third-order valence-electron chi connectivity index (χ3n) is 5.71. The van der Waals surface area contributed by atoms with Gasteiger partial charge in [0.2, 0.25) is 11.8 Å². The summed E-state index contributed by atoms with van der Waals surface area (Å²) in [5.74, 6) is 0.765. The van der Waals surface area contributed by atoms with Gasteiger partial charge in [0, 0.05) is 39.2 Å². The Labute approximate surface area is 156 Å². The van der Waals surface area contributed by atoms with Crippen LogP contribution in [0.2, 0.25) is 0 Å². The molecule has 0 aromatic heterocycles. The highest BCUT2D eigenvalue weighted by Crippen LogP contribution is 2.31. The molecule has 1 aromatic rings. The first-order valence-electron chi connectivity index (χ1n) is 9.79. The maximum absolute atomic E-state index is 12.8. The van der Waals surface area contributed by atoms with Crippen LogP contribution in [-0.4, -0.2) is 61.0 Å². The van der Waals surface area contributed by atoms with Crippen LogP contribution in [0, 0.1) is 5.92 Å². The van der Waals surface area contributed by atoms with Gasteiger partial charge in [0.05, 0.1) is 0 Å². The van der Waals surface area contributed by atoms with E-state index >= 15 is 0 Å². The summed E-state index contributed by atoms with van der Waals surface area (Å²) in [6, 6.07) is 10.7. The second-order valence-electron chi connectivity index (χ2n) is 7.46. The summed E-state index contributed by atoms with van der Waals surface area (Å²) < 4.78 is 4.98. The number of benzene rings is 1. The number of hydrogen-bond donors (Lipinski definition) is 0. The lowest BCUT2D eigenvalue weighted by Crippen LogP contribution is -2.57. The Morgan fingerprint density at radius 1 is 1.12 bits per heavy atom. The Kier molecular flexibility index (Phi) is 6.67. The number of rotatable bonds is 6. The molecule has 0 spiro atoms. The van der Waals surface area contributed by atoms with E-state index in [0.717, 1.165) is 51.7 Å². The largest absolute Gasteiger partial charge is 0.375 e. The molecule has 26 heavy (non-hydrogen) atoms. The number of piperidine rings is 2. The van der Waals surface area contributed by atoms with Gasteiger partial charge in [-0.2, -0.15) is 0 Å². The van der Waals surface area contributed by atoms with E-state index in [9.17, 15) is 9.59 Å². The average Bonchev–Trinajstić information content (AvgIpc) is 2.68. The number of ether oxygens (including phenoxy) is 1. The summed E-state index contributed by atoms with van der Waals surface area (Å²) >= 11 is 0. The zero-order valence-electron chi connectivity index (χ0n) is 15.7. The number of carbonyl (C=O) groups excluding carboxylic acids is 2. The zero-order chi connectivity index (χ0) is 18.4. The Hall–Kier alpha value is -1.88. The van der Waals surface area contributed by atoms with Crippen molar-refractivity contribution in [3.8, 4) is 0 Å². The van der Waals surface area contributed by atoms with Crippen LogP contribution in [-0.2, 0) is 20.7 Å². The highest BCUT2D eigenvalue weighted by molar-refractivity contribution is 5.78. The van der Waals surface area contributed by atoms with E-state index in [-0.39, 0.29) is 18.4 Å². The molecule has 0 bridgehead atoms. The van der Waals surface area contributed by atoms with Gasteiger partial charge in [-0.1, -0.05) is 30.3 Å². The molecule has 2 saturated heterocycles. The Bertz CT molecular complexity index is 605. The highest BCUT2D eigenvalue weighted by Gasteiger charge is 2.38. The van der Waals surface area contributed by atoms with E-state index in [2.05, 4.69) is 17.0 Å². The van der Waals surface area contributed by atoms with E-state index in [1.807, 2.05) is 23.1 Å². The molecule has 1 aromatic carbocycles. The average molecular weight is 358 g/mol. The van der Waals surface area contributed by atoms with Gasteiger partial charge >= 0.3 is 0 Å². The monoisotopic (exact) mass is 358 g/mol. The predicted octanol–water partition coefficient (Wildman–Crippen LogP) is 2.50. The Morgan fingerprint density at radius 2 is 1.92 bits per heavy atom. The molecule has 5 nitrogen and oxygen atoms in total. The standard InChI is InChI=1S/C21H30N2O3/c1-26-16-21(25)22-14-12-19-18(15-22)10-6-13-23(19)20(24)11-5-9-17-7-3-2-4-8-17/h2-4,7-8,18-19H,5-6,9-16H2,1H3/t18-,19+/m1/s1. The van der Waals surface area contributed by atoms with Crippen LogP contribution >= 0.6 is 0 Å². The smallest absolute Gasteiger partial charge is 0.248 e. The summed E-state index contributed by atoms with van der Waals surface area (Å²) in [5.41, 5.74) is 1.29. The van der Waals surface area contributed by atoms with Crippen LogP contribution < -0.4 is 0 Å². The van der Waals surface area contributed by atoms with Gasteiger partial charge in [-0.05, 0) is 43.6 Å². The van der Waals surface area contributed by atoms with E-state index in [1.54, 1.807) is 7.11 Å². The fraction of sp³-hybridized carbons (Fsp3) is 0.619. The maximum Gasteiger partial charge on any atom is 0.248 e. The van der Waals surface area contributed by atoms with Crippen molar-refractivity contribution in [3.05, 3.63) is 35.9 Å². The molecule has 142 valence electrons. The van der Waals surface area contributed by atoms with Gasteiger partial charge in [0.25, 0.3) is 0 Å². The van der Waals surface area contributed by atoms with Crippen molar-refractivity contribution in [2.45, 2.75) is 44.6 Å². The van der Waals surface area contributed by atoms with Gasteiger partial charge < -0.3 is 14.5 Å². The van der Waals surface area contributed by atoms with Crippen LogP contribution in [0.1, 0.15) is 37.7 Å². The minimum Gasteiger partial charge on any atom is -0.375 e. The fourth-order valence-corrected chi connectivity index (χ4v) is 4.39. The van der Waals surface area contributed by atoms with Gasteiger partial charge in [0.15, 0.2) is 0 Å². The van der Waals surface area contributed by atoms with Crippen LogP contribution in [0.15, 0.2) is 30.3 Å². The molecule has 2 aliphatic rings. The number of carbonyl (C=O) groups is 2. The number of likely N-dealkylation sites (tertiary alicyclic amines) is 2. The predicted molar refractivity (Wildman–Crippen MR) is 101 cm³/mol. The van der Waals surface area contributed by atoms with E-state index in [4.69, 9.17) is 4.74 Å². The molecule has 0 unspecified atom stereocenters. The first-order valence-corrected chi connectivity index (χ1v) is 9.79. The number of methoxy groups -OCH3 is 1. The highest BCUT2D eigenvalue weighted by atomic mass is 16.5. The first kappa shape index (κ1) is 18.9. The molecular weight excluding hydrogens is 328 g/mol. The molecule has 2 atom stereocenters. The zero-order valence-corrected chi connectivity index (χ0v) is 15.7. The lowest BCUT2D eigenvalue weighted by molar-refractivity contribution is -0.143. The lowest BCUT2D eigenvalue weighted by atomic mass is 9.83. The van der Waals surface area contributed by atoms with Crippen molar-refractivity contribution in [1.82, 2.24) is 9.80 Å². The molecule has 0 radical (unpaired) electrons. The minimum atomic E-state index is 0.0669. The van der Waals surface area contributed by atoms with Gasteiger partial charge in [-0.15, -0.1) is 0 Å². The third-order valence-corrected chi connectivity index (χ3v) is 5.71. The Morgan fingerprint density at radius 3 is 2.69 bits per heavy atom. The summed E-state index contributed by atoms with van der Waals surface area (Å²) in [7, 11) is 1.56. The van der Waals surface area contributed by atoms with Crippen LogP contribution in [0.3, 0.4) is 0 Å². The van der Waals surface area contributed by atoms with Crippen LogP contribution in [0.25, 0.3) is 0 Å². The topological polar surface area (TPSA) is 49.9 Å². The van der Waals surface area contributed by atoms with Crippen molar-refractivity contribution in [2.75, 3.05) is 33.4 Å². The van der Waals surface area contributed by atoms with Crippen molar-refractivity contribution in [2.24, 2.45) is 5.92 Å². The SMILES string of the molecule is COCC(=O)N1CC[C@H]2[C@H](CCCN2C(=O)CCCc2ccccc2)C1. The number of nitrogens with zero attached hydrogens (tertiary/aromatic N) is 2. The molecule has 2 aliphatic heterocycles. The van der Waals surface area contributed by atoms with E-state index in [0.29, 0.717) is 18.4 Å². The maximum atomic E-state index is 12.8. The van der Waals surface area contributed by atoms with Crippen molar-refractivity contribution >= 4 is 11.8 Å².